The lowest BCUT2D eigenvalue weighted by Crippen LogP contribution is -2.41. The molecule has 0 saturated carbocycles. The highest BCUT2D eigenvalue weighted by molar-refractivity contribution is 8.13. The summed E-state index contributed by atoms with van der Waals surface area (Å²) in [4.78, 5) is 49.9. The average Bonchev–Trinajstić information content (AvgIpc) is 3.44. The van der Waals surface area contributed by atoms with Gasteiger partial charge in [0.25, 0.3) is 23.6 Å². The van der Waals surface area contributed by atoms with E-state index in [1.165, 1.54) is 48.8 Å². The predicted molar refractivity (Wildman–Crippen MR) is 176 cm³/mol. The minimum atomic E-state index is -3.72. The summed E-state index contributed by atoms with van der Waals surface area (Å²) in [6.07, 6.45) is 7.00. The monoisotopic (exact) mass is 696 g/mol. The number of hydrogen-bond donors (Lipinski definition) is 1. The molecule has 2 saturated heterocycles. The summed E-state index contributed by atoms with van der Waals surface area (Å²) < 4.78 is 47.7. The van der Waals surface area contributed by atoms with E-state index in [2.05, 4.69) is 5.32 Å². The van der Waals surface area contributed by atoms with E-state index >= 15 is 0 Å². The van der Waals surface area contributed by atoms with Crippen molar-refractivity contribution in [2.45, 2.75) is 46.0 Å². The lowest BCUT2D eigenvalue weighted by Gasteiger charge is -2.26. The molecule has 0 bridgehead atoms. The van der Waals surface area contributed by atoms with Crippen LogP contribution in [0.1, 0.15) is 87.4 Å². The zero-order chi connectivity index (χ0) is 32.6. The Bertz CT molecular complexity index is 1560. The van der Waals surface area contributed by atoms with Crippen molar-refractivity contribution in [1.29, 1.82) is 0 Å². The molecule has 4 amide bonds. The molecule has 2 aromatic carbocycles. The molecular weight excluding hydrogens is 656 g/mol. The molecule has 0 aromatic heterocycles. The lowest BCUT2D eigenvalue weighted by atomic mass is 10.1. The van der Waals surface area contributed by atoms with Gasteiger partial charge in [0.05, 0.1) is 33.8 Å². The minimum Gasteiger partial charge on any atom is -0.317 e. The molecule has 6 rings (SSSR count). The summed E-state index contributed by atoms with van der Waals surface area (Å²) in [7, 11) is -2.10. The van der Waals surface area contributed by atoms with Gasteiger partial charge in [0, 0.05) is 36.9 Å². The van der Waals surface area contributed by atoms with Gasteiger partial charge < -0.3 is 5.32 Å². The largest absolute Gasteiger partial charge is 0.317 e. The maximum Gasteiger partial charge on any atom is 0.261 e. The highest BCUT2D eigenvalue weighted by Gasteiger charge is 2.37. The Morgan fingerprint density at radius 1 is 0.587 bits per heavy atom. The van der Waals surface area contributed by atoms with Crippen molar-refractivity contribution in [3.8, 4) is 0 Å². The molecule has 0 atom stereocenters. The zero-order valence-corrected chi connectivity index (χ0v) is 27.2. The second-order valence-corrected chi connectivity index (χ2v) is 15.9. The molecule has 4 heterocycles. The number of nitrogens with one attached hydrogen (secondary N) is 1. The SMILES string of the molecule is C.C1CCNCC1.O=C1c2ccccc2C(=O)N1CCS(=O)(=O)Cl.O=C1c2ccccc2C(=O)N1CCS(=O)(=O)N1CCCCC1. The van der Waals surface area contributed by atoms with Gasteiger partial charge in [-0.15, -0.1) is 0 Å². The molecule has 12 nitrogen and oxygen atoms in total. The van der Waals surface area contributed by atoms with E-state index in [-0.39, 0.29) is 26.3 Å². The van der Waals surface area contributed by atoms with Crippen LogP contribution in [0.3, 0.4) is 0 Å². The molecule has 2 aromatic rings. The van der Waals surface area contributed by atoms with Gasteiger partial charge in [-0.2, -0.15) is 0 Å². The number of nitrogens with zero attached hydrogens (tertiary/aromatic N) is 3. The molecule has 46 heavy (non-hydrogen) atoms. The fourth-order valence-electron chi connectivity index (χ4n) is 5.37. The summed E-state index contributed by atoms with van der Waals surface area (Å²) >= 11 is 0. The number of piperidine rings is 2. The van der Waals surface area contributed by atoms with Gasteiger partial charge in [-0.1, -0.05) is 44.5 Å². The zero-order valence-electron chi connectivity index (χ0n) is 24.8. The predicted octanol–water partition coefficient (Wildman–Crippen LogP) is 3.35. The second-order valence-electron chi connectivity index (χ2n) is 10.9. The van der Waals surface area contributed by atoms with Gasteiger partial charge in [0.2, 0.25) is 19.1 Å². The molecule has 0 spiro atoms. The number of halogens is 1. The van der Waals surface area contributed by atoms with Gasteiger partial charge in [0.1, 0.15) is 0 Å². The summed E-state index contributed by atoms with van der Waals surface area (Å²) in [6.45, 7) is 3.25. The van der Waals surface area contributed by atoms with Crippen LogP contribution in [0.2, 0.25) is 0 Å². The van der Waals surface area contributed by atoms with Gasteiger partial charge in [-0.3, -0.25) is 29.0 Å². The van der Waals surface area contributed by atoms with E-state index in [0.29, 0.717) is 35.3 Å². The Kier molecular flexibility index (Phi) is 13.5. The molecule has 252 valence electrons. The number of fused-ring (bicyclic) bond motifs is 2. The maximum atomic E-state index is 12.3. The summed E-state index contributed by atoms with van der Waals surface area (Å²) in [5.41, 5.74) is 1.29. The fraction of sp³-hybridized carbons (Fsp3) is 0.484. The Hall–Kier alpha value is -3.17. The standard InChI is InChI=1S/C15H18N2O4S.C10H8ClNO4S.C5H11N.CH4/c18-14-12-6-2-3-7-13(12)15(19)17(14)10-11-22(20,21)16-8-4-1-5-9-16;11-17(15,16)6-5-12-9(13)7-3-1-2-4-8(7)10(12)14;1-2-4-6-5-3-1;/h2-3,6-7H,1,4-5,8-11H2;1-4H,5-6H2;6H,1-5H2;1H4. The van der Waals surface area contributed by atoms with Crippen LogP contribution in [0.15, 0.2) is 48.5 Å². The average molecular weight is 697 g/mol. The van der Waals surface area contributed by atoms with Crippen LogP contribution in [0.4, 0.5) is 0 Å². The van der Waals surface area contributed by atoms with Crippen LogP contribution >= 0.6 is 10.7 Å². The summed E-state index contributed by atoms with van der Waals surface area (Å²) in [6, 6.07) is 12.9. The first kappa shape index (κ1) is 37.3. The first-order valence-corrected chi connectivity index (χ1v) is 19.0. The second kappa shape index (κ2) is 16.6. The van der Waals surface area contributed by atoms with Gasteiger partial charge in [0.15, 0.2) is 0 Å². The van der Waals surface area contributed by atoms with Crippen LogP contribution in [-0.2, 0) is 19.1 Å². The maximum absolute atomic E-state index is 12.3. The van der Waals surface area contributed by atoms with Crippen LogP contribution in [0.25, 0.3) is 0 Å². The number of imide groups is 2. The van der Waals surface area contributed by atoms with E-state index in [9.17, 15) is 36.0 Å². The van der Waals surface area contributed by atoms with Gasteiger partial charge in [-0.25, -0.2) is 21.1 Å². The fourth-order valence-corrected chi connectivity index (χ4v) is 7.46. The Labute approximate surface area is 275 Å². The van der Waals surface area contributed by atoms with Crippen molar-refractivity contribution in [2.75, 3.05) is 50.8 Å². The van der Waals surface area contributed by atoms with Crippen LogP contribution in [0.5, 0.6) is 0 Å². The molecule has 1 N–H and O–H groups in total. The lowest BCUT2D eigenvalue weighted by molar-refractivity contribution is 0.0648. The van der Waals surface area contributed by atoms with E-state index < -0.39 is 48.5 Å². The third-order valence-electron chi connectivity index (χ3n) is 7.80. The van der Waals surface area contributed by atoms with Crippen molar-refractivity contribution in [1.82, 2.24) is 19.4 Å². The van der Waals surface area contributed by atoms with Crippen LogP contribution in [-0.4, -0.2) is 105 Å². The summed E-state index contributed by atoms with van der Waals surface area (Å²) in [5.74, 6) is -2.43. The Morgan fingerprint density at radius 3 is 1.28 bits per heavy atom. The number of benzene rings is 2. The topological polar surface area (TPSA) is 158 Å². The first-order chi connectivity index (χ1) is 21.4. The third kappa shape index (κ3) is 9.44. The van der Waals surface area contributed by atoms with Crippen LogP contribution in [0, 0.1) is 0 Å². The number of rotatable bonds is 7. The molecule has 2 fully saturated rings. The van der Waals surface area contributed by atoms with E-state index in [4.69, 9.17) is 10.7 Å². The molecule has 4 aliphatic rings. The van der Waals surface area contributed by atoms with E-state index in [1.54, 1.807) is 36.4 Å². The highest BCUT2D eigenvalue weighted by Crippen LogP contribution is 2.24. The van der Waals surface area contributed by atoms with Crippen LogP contribution < -0.4 is 5.32 Å². The van der Waals surface area contributed by atoms with Gasteiger partial charge >= 0.3 is 0 Å². The number of amides is 4. The number of carbonyl (C=O) groups is 4. The number of carbonyl (C=O) groups excluding carboxylic acids is 4. The normalized spacial score (nSPS) is 18.1. The van der Waals surface area contributed by atoms with Crippen molar-refractivity contribution in [3.63, 3.8) is 0 Å². The van der Waals surface area contributed by atoms with Crippen molar-refractivity contribution < 1.29 is 36.0 Å². The van der Waals surface area contributed by atoms with Crippen molar-refractivity contribution >= 4 is 53.4 Å². The minimum absolute atomic E-state index is 0. The molecule has 0 aliphatic carbocycles. The smallest absolute Gasteiger partial charge is 0.261 e. The Morgan fingerprint density at radius 2 is 0.957 bits per heavy atom. The Balaban J connectivity index is 0.000000212. The number of sulfonamides is 1. The molecule has 15 heteroatoms. The van der Waals surface area contributed by atoms with E-state index in [1.807, 2.05) is 0 Å². The highest BCUT2D eigenvalue weighted by atomic mass is 35.7. The number of hydrogen-bond acceptors (Lipinski definition) is 9. The molecule has 0 unspecified atom stereocenters. The van der Waals surface area contributed by atoms with Crippen molar-refractivity contribution in [3.05, 3.63) is 70.8 Å². The first-order valence-electron chi connectivity index (χ1n) is 14.9. The molecular formula is C31H41ClN4O8S2. The van der Waals surface area contributed by atoms with E-state index in [0.717, 1.165) is 29.1 Å². The third-order valence-corrected chi connectivity index (χ3v) is 10.8. The van der Waals surface area contributed by atoms with Crippen molar-refractivity contribution in [2.24, 2.45) is 0 Å². The summed E-state index contributed by atoms with van der Waals surface area (Å²) in [5, 5.41) is 3.28. The molecule has 0 radical (unpaired) electrons. The molecule has 4 aliphatic heterocycles. The quantitative estimate of drug-likeness (QED) is 0.339. The van der Waals surface area contributed by atoms with Gasteiger partial charge in [-0.05, 0) is 63.0 Å².